The van der Waals surface area contributed by atoms with Gasteiger partial charge in [-0.1, -0.05) is 24.4 Å². The van der Waals surface area contributed by atoms with Crippen molar-refractivity contribution in [1.29, 1.82) is 0 Å². The first-order valence-electron chi connectivity index (χ1n) is 6.57. The van der Waals surface area contributed by atoms with Gasteiger partial charge in [-0.05, 0) is 24.8 Å². The molecule has 112 valence electrons. The second-order valence-electron chi connectivity index (χ2n) is 5.04. The minimum Gasteiger partial charge on any atom is -0.383 e. The molecule has 0 bridgehead atoms. The Hall–Kier alpha value is -0.890. The predicted octanol–water partition coefficient (Wildman–Crippen LogP) is 1.11. The molecule has 0 aromatic carbocycles. The van der Waals surface area contributed by atoms with Crippen LogP contribution in [0, 0.1) is 5.92 Å². The van der Waals surface area contributed by atoms with Crippen LogP contribution in [0.25, 0.3) is 0 Å². The number of nitrogens with two attached hydrogens (primary N) is 2. The Bertz CT molecular complexity index is 573. The van der Waals surface area contributed by atoms with E-state index in [1.165, 1.54) is 12.3 Å². The second kappa shape index (κ2) is 6.26. The van der Waals surface area contributed by atoms with Crippen molar-refractivity contribution in [3.8, 4) is 0 Å². The maximum Gasteiger partial charge on any atom is 0.244 e. The third-order valence-corrected chi connectivity index (χ3v) is 5.39. The van der Waals surface area contributed by atoms with Crippen LogP contribution in [0.2, 0.25) is 5.02 Å². The van der Waals surface area contributed by atoms with E-state index < -0.39 is 10.0 Å². The molecule has 1 aliphatic rings. The number of nitrogen functional groups attached to an aromatic ring is 1. The fourth-order valence-corrected chi connectivity index (χ4v) is 4.25. The van der Waals surface area contributed by atoms with Crippen molar-refractivity contribution in [3.05, 3.63) is 17.3 Å². The number of nitrogens with zero attached hydrogens (tertiary/aromatic N) is 1. The molecule has 5 N–H and O–H groups in total. The number of sulfonamides is 1. The number of hydrogen-bond acceptors (Lipinski definition) is 5. The van der Waals surface area contributed by atoms with E-state index in [4.69, 9.17) is 23.1 Å². The van der Waals surface area contributed by atoms with Crippen LogP contribution in [0.5, 0.6) is 0 Å². The molecular formula is C12H19ClN4O2S. The van der Waals surface area contributed by atoms with Gasteiger partial charge in [0.2, 0.25) is 10.0 Å². The largest absolute Gasteiger partial charge is 0.383 e. The lowest BCUT2D eigenvalue weighted by atomic mass is 9.99. The van der Waals surface area contributed by atoms with Crippen molar-refractivity contribution >= 4 is 27.4 Å². The highest BCUT2D eigenvalue weighted by Crippen LogP contribution is 2.29. The van der Waals surface area contributed by atoms with Gasteiger partial charge < -0.3 is 11.5 Å². The molecule has 0 spiro atoms. The van der Waals surface area contributed by atoms with Crippen LogP contribution in [0.1, 0.15) is 25.7 Å². The number of nitrogens with one attached hydrogen (secondary N) is 1. The molecule has 1 aromatic rings. The number of aromatic nitrogens is 1. The van der Waals surface area contributed by atoms with Gasteiger partial charge in [-0.2, -0.15) is 0 Å². The molecule has 20 heavy (non-hydrogen) atoms. The third kappa shape index (κ3) is 3.41. The van der Waals surface area contributed by atoms with Crippen LogP contribution in [0.4, 0.5) is 5.82 Å². The Labute approximate surface area is 123 Å². The van der Waals surface area contributed by atoms with Gasteiger partial charge in [0, 0.05) is 18.8 Å². The second-order valence-corrected chi connectivity index (χ2v) is 7.16. The minimum absolute atomic E-state index is 0.0657. The van der Waals surface area contributed by atoms with Crippen molar-refractivity contribution in [2.24, 2.45) is 11.7 Å². The average molecular weight is 319 g/mol. The zero-order chi connectivity index (χ0) is 14.8. The molecule has 1 heterocycles. The van der Waals surface area contributed by atoms with E-state index in [0.29, 0.717) is 0 Å². The van der Waals surface area contributed by atoms with E-state index in [1.807, 2.05) is 0 Å². The van der Waals surface area contributed by atoms with Gasteiger partial charge in [0.05, 0.1) is 5.02 Å². The lowest BCUT2D eigenvalue weighted by Gasteiger charge is -2.23. The van der Waals surface area contributed by atoms with E-state index >= 15 is 0 Å². The summed E-state index contributed by atoms with van der Waals surface area (Å²) in [5.41, 5.74) is 11.3. The summed E-state index contributed by atoms with van der Waals surface area (Å²) < 4.78 is 27.4. The zero-order valence-electron chi connectivity index (χ0n) is 11.0. The van der Waals surface area contributed by atoms with Crippen molar-refractivity contribution in [2.45, 2.75) is 36.6 Å². The Morgan fingerprint density at radius 2 is 2.10 bits per heavy atom. The molecule has 1 atom stereocenters. The van der Waals surface area contributed by atoms with E-state index in [9.17, 15) is 8.42 Å². The smallest absolute Gasteiger partial charge is 0.244 e. The number of pyridine rings is 1. The SMILES string of the molecule is NCC(NS(=O)(=O)c1cc(Cl)cnc1N)C1CCCC1. The topological polar surface area (TPSA) is 111 Å². The number of halogens is 1. The summed E-state index contributed by atoms with van der Waals surface area (Å²) in [5.74, 6) is 0.215. The molecule has 0 aliphatic heterocycles. The summed E-state index contributed by atoms with van der Waals surface area (Å²) >= 11 is 5.79. The van der Waals surface area contributed by atoms with Gasteiger partial charge in [-0.3, -0.25) is 0 Å². The highest BCUT2D eigenvalue weighted by Gasteiger charge is 2.29. The van der Waals surface area contributed by atoms with Gasteiger partial charge in [-0.25, -0.2) is 18.1 Å². The fourth-order valence-electron chi connectivity index (χ4n) is 2.61. The first-order chi connectivity index (χ1) is 9.44. The number of anilines is 1. The van der Waals surface area contributed by atoms with E-state index in [2.05, 4.69) is 9.71 Å². The lowest BCUT2D eigenvalue weighted by molar-refractivity contribution is 0.405. The number of hydrogen-bond donors (Lipinski definition) is 3. The highest BCUT2D eigenvalue weighted by atomic mass is 35.5. The summed E-state index contributed by atoms with van der Waals surface area (Å²) in [5, 5.41) is 0.227. The summed E-state index contributed by atoms with van der Waals surface area (Å²) in [4.78, 5) is 3.68. The Kier molecular flexibility index (Phi) is 4.85. The Morgan fingerprint density at radius 1 is 1.45 bits per heavy atom. The van der Waals surface area contributed by atoms with Gasteiger partial charge in [0.15, 0.2) is 0 Å². The van der Waals surface area contributed by atoms with E-state index in [-0.39, 0.29) is 34.2 Å². The van der Waals surface area contributed by atoms with Crippen LogP contribution in [0.3, 0.4) is 0 Å². The van der Waals surface area contributed by atoms with Gasteiger partial charge in [0.25, 0.3) is 0 Å². The van der Waals surface area contributed by atoms with Crippen molar-refractivity contribution in [3.63, 3.8) is 0 Å². The van der Waals surface area contributed by atoms with Crippen LogP contribution in [-0.2, 0) is 10.0 Å². The van der Waals surface area contributed by atoms with Gasteiger partial charge in [0.1, 0.15) is 10.7 Å². The minimum atomic E-state index is -3.76. The molecular weight excluding hydrogens is 300 g/mol. The molecule has 2 rings (SSSR count). The maximum absolute atomic E-state index is 12.4. The van der Waals surface area contributed by atoms with Crippen LogP contribution in [-0.4, -0.2) is 26.0 Å². The van der Waals surface area contributed by atoms with Crippen LogP contribution < -0.4 is 16.2 Å². The first kappa shape index (κ1) is 15.5. The zero-order valence-corrected chi connectivity index (χ0v) is 12.6. The Morgan fingerprint density at radius 3 is 2.70 bits per heavy atom. The fraction of sp³-hybridized carbons (Fsp3) is 0.583. The molecule has 1 aromatic heterocycles. The summed E-state index contributed by atoms with van der Waals surface area (Å²) in [6, 6.07) is 1.02. The van der Waals surface area contributed by atoms with Crippen LogP contribution in [0.15, 0.2) is 17.2 Å². The predicted molar refractivity (Wildman–Crippen MR) is 78.8 cm³/mol. The molecule has 0 amide bonds. The molecule has 1 unspecified atom stereocenters. The third-order valence-electron chi connectivity index (χ3n) is 3.67. The average Bonchev–Trinajstić information content (AvgIpc) is 2.92. The molecule has 0 saturated heterocycles. The maximum atomic E-state index is 12.4. The summed E-state index contributed by atoms with van der Waals surface area (Å²) in [6.07, 6.45) is 5.53. The number of rotatable bonds is 5. The molecule has 6 nitrogen and oxygen atoms in total. The van der Waals surface area contributed by atoms with E-state index in [0.717, 1.165) is 25.7 Å². The van der Waals surface area contributed by atoms with Gasteiger partial charge >= 0.3 is 0 Å². The first-order valence-corrected chi connectivity index (χ1v) is 8.43. The lowest BCUT2D eigenvalue weighted by Crippen LogP contribution is -2.44. The normalized spacial score (nSPS) is 18.3. The molecule has 0 radical (unpaired) electrons. The molecule has 1 saturated carbocycles. The molecule has 1 fully saturated rings. The summed E-state index contributed by atoms with van der Waals surface area (Å²) in [6.45, 7) is 0.262. The van der Waals surface area contributed by atoms with Crippen molar-refractivity contribution in [1.82, 2.24) is 9.71 Å². The monoisotopic (exact) mass is 318 g/mol. The standard InChI is InChI=1S/C12H19ClN4O2S/c13-9-5-11(12(15)16-7-9)20(18,19)17-10(6-14)8-3-1-2-4-8/h5,7-8,10,17H,1-4,6,14H2,(H2,15,16). The van der Waals surface area contributed by atoms with Gasteiger partial charge in [-0.15, -0.1) is 0 Å². The highest BCUT2D eigenvalue weighted by molar-refractivity contribution is 7.89. The molecule has 8 heteroatoms. The summed E-state index contributed by atoms with van der Waals surface area (Å²) in [7, 11) is -3.76. The quantitative estimate of drug-likeness (QED) is 0.753. The Balaban J connectivity index is 2.23. The van der Waals surface area contributed by atoms with Crippen molar-refractivity contribution < 1.29 is 8.42 Å². The van der Waals surface area contributed by atoms with Crippen LogP contribution >= 0.6 is 11.6 Å². The molecule has 1 aliphatic carbocycles. The van der Waals surface area contributed by atoms with E-state index in [1.54, 1.807) is 0 Å². The van der Waals surface area contributed by atoms with Crippen molar-refractivity contribution in [2.75, 3.05) is 12.3 Å².